The molecule has 0 aliphatic carbocycles. The molecule has 2 heterocycles. The van der Waals surface area contributed by atoms with Gasteiger partial charge < -0.3 is 8.92 Å². The van der Waals surface area contributed by atoms with Gasteiger partial charge in [-0.25, -0.2) is 4.98 Å². The van der Waals surface area contributed by atoms with E-state index in [1.54, 1.807) is 18.2 Å². The van der Waals surface area contributed by atoms with E-state index in [0.717, 1.165) is 18.1 Å². The molecule has 1 aliphatic heterocycles. The fraction of sp³-hybridized carbons (Fsp3) is 0.357. The molecule has 0 amide bonds. The molecule has 24 heavy (non-hydrogen) atoms. The highest BCUT2D eigenvalue weighted by atomic mass is 32.2. The van der Waals surface area contributed by atoms with E-state index < -0.39 is 26.3 Å². The first-order valence-corrected chi connectivity index (χ1v) is 10.6. The monoisotopic (exact) mass is 373 g/mol. The maximum atomic E-state index is 11.2. The van der Waals surface area contributed by atoms with Crippen LogP contribution in [0, 0.1) is 0 Å². The zero-order valence-corrected chi connectivity index (χ0v) is 14.6. The summed E-state index contributed by atoms with van der Waals surface area (Å²) in [5.41, 5.74) is 1.42. The van der Waals surface area contributed by atoms with E-state index in [0.29, 0.717) is 23.1 Å². The third kappa shape index (κ3) is 3.94. The zero-order chi connectivity index (χ0) is 17.5. The van der Waals surface area contributed by atoms with Gasteiger partial charge in [0.05, 0.1) is 18.0 Å². The van der Waals surface area contributed by atoms with E-state index >= 15 is 0 Å². The zero-order valence-electron chi connectivity index (χ0n) is 12.9. The summed E-state index contributed by atoms with van der Waals surface area (Å²) in [4.78, 5) is 4.14. The van der Waals surface area contributed by atoms with Crippen LogP contribution in [0.15, 0.2) is 24.3 Å². The quantitative estimate of drug-likeness (QED) is 0.710. The van der Waals surface area contributed by atoms with Gasteiger partial charge in [-0.2, -0.15) is 16.8 Å². The van der Waals surface area contributed by atoms with Crippen LogP contribution in [0.1, 0.15) is 5.56 Å². The van der Waals surface area contributed by atoms with Crippen molar-refractivity contribution in [3.05, 3.63) is 29.8 Å². The van der Waals surface area contributed by atoms with Gasteiger partial charge in [0.15, 0.2) is 0 Å². The highest BCUT2D eigenvalue weighted by molar-refractivity contribution is 7.86. The van der Waals surface area contributed by atoms with Crippen LogP contribution in [0.3, 0.4) is 0 Å². The summed E-state index contributed by atoms with van der Waals surface area (Å²) in [6.07, 6.45) is 2.03. The number of benzene rings is 1. The Morgan fingerprint density at radius 3 is 2.54 bits per heavy atom. The normalized spacial score (nSPS) is 17.5. The van der Waals surface area contributed by atoms with Crippen LogP contribution < -0.4 is 8.92 Å². The van der Waals surface area contributed by atoms with Gasteiger partial charge in [0.25, 0.3) is 10.1 Å². The summed E-state index contributed by atoms with van der Waals surface area (Å²) in [5, 5.41) is 0.690. The lowest BCUT2D eigenvalue weighted by Gasteiger charge is -2.11. The summed E-state index contributed by atoms with van der Waals surface area (Å²) in [6.45, 7) is -0.0717. The first-order valence-electron chi connectivity index (χ1n) is 6.94. The second-order valence-corrected chi connectivity index (χ2v) is 8.71. The molecule has 1 aromatic carbocycles. The minimum absolute atomic E-state index is 0.0279. The molecule has 0 spiro atoms. The van der Waals surface area contributed by atoms with Crippen molar-refractivity contribution in [2.75, 3.05) is 19.1 Å². The molecular formula is C14H15NO7S2. The smallest absolute Gasteiger partial charge is 0.307 e. The van der Waals surface area contributed by atoms with Crippen molar-refractivity contribution in [3.8, 4) is 11.6 Å². The van der Waals surface area contributed by atoms with Gasteiger partial charge in [-0.05, 0) is 17.7 Å². The number of pyridine rings is 1. The minimum atomic E-state index is -3.65. The number of aromatic nitrogens is 1. The Hall–Kier alpha value is -1.91. The Morgan fingerprint density at radius 1 is 1.12 bits per heavy atom. The highest BCUT2D eigenvalue weighted by Crippen LogP contribution is 2.36. The first-order chi connectivity index (χ1) is 11.1. The van der Waals surface area contributed by atoms with E-state index in [9.17, 15) is 16.8 Å². The largest absolute Gasteiger partial charge is 0.487 e. The maximum absolute atomic E-state index is 11.2. The summed E-state index contributed by atoms with van der Waals surface area (Å²) in [7, 11) is -7.18. The van der Waals surface area contributed by atoms with Crippen LogP contribution in [-0.2, 0) is 30.8 Å². The number of rotatable bonds is 5. The van der Waals surface area contributed by atoms with Crippen LogP contribution in [0.5, 0.6) is 11.6 Å². The predicted octanol–water partition coefficient (Wildman–Crippen LogP) is 0.853. The lowest BCUT2D eigenvalue weighted by atomic mass is 10.1. The Labute approximate surface area is 139 Å². The molecule has 0 bridgehead atoms. The molecule has 0 radical (unpaired) electrons. The third-order valence-electron chi connectivity index (χ3n) is 3.31. The molecule has 0 saturated heterocycles. The van der Waals surface area contributed by atoms with E-state index in [-0.39, 0.29) is 12.5 Å². The highest BCUT2D eigenvalue weighted by Gasteiger charge is 2.26. The molecule has 10 heteroatoms. The van der Waals surface area contributed by atoms with Gasteiger partial charge in [0.2, 0.25) is 5.88 Å². The van der Waals surface area contributed by atoms with Crippen molar-refractivity contribution >= 4 is 31.1 Å². The van der Waals surface area contributed by atoms with Gasteiger partial charge >= 0.3 is 10.1 Å². The van der Waals surface area contributed by atoms with E-state index in [2.05, 4.69) is 4.98 Å². The molecule has 1 unspecified atom stereocenters. The standard InChI is InChI=1S/C14H15NO7S2/c1-23(16,17)20-8-10-7-9-3-5-12-11(14(9)21-10)4-6-13(15-12)22-24(2,18)19/h3-6,10H,7-8H2,1-2H3. The van der Waals surface area contributed by atoms with Crippen molar-refractivity contribution in [1.29, 1.82) is 0 Å². The van der Waals surface area contributed by atoms with Crippen molar-refractivity contribution in [3.63, 3.8) is 0 Å². The number of nitrogens with zero attached hydrogens (tertiary/aromatic N) is 1. The molecule has 0 N–H and O–H groups in total. The Kier molecular flexibility index (Phi) is 4.14. The fourth-order valence-corrected chi connectivity index (χ4v) is 3.25. The van der Waals surface area contributed by atoms with Crippen LogP contribution in [-0.4, -0.2) is 47.0 Å². The van der Waals surface area contributed by atoms with Gasteiger partial charge in [-0.3, -0.25) is 4.18 Å². The Bertz CT molecular complexity index is 999. The van der Waals surface area contributed by atoms with Crippen molar-refractivity contribution < 1.29 is 29.9 Å². The number of ether oxygens (including phenoxy) is 1. The summed E-state index contributed by atoms with van der Waals surface area (Å²) in [6, 6.07) is 6.62. The lowest BCUT2D eigenvalue weighted by molar-refractivity contribution is 0.154. The van der Waals surface area contributed by atoms with E-state index in [4.69, 9.17) is 13.1 Å². The first kappa shape index (κ1) is 16.9. The summed E-state index contributed by atoms with van der Waals surface area (Å²) >= 11 is 0. The van der Waals surface area contributed by atoms with Crippen LogP contribution in [0.2, 0.25) is 0 Å². The molecule has 1 atom stereocenters. The molecule has 3 rings (SSSR count). The molecule has 8 nitrogen and oxygen atoms in total. The van der Waals surface area contributed by atoms with Gasteiger partial charge in [0.1, 0.15) is 18.5 Å². The second kappa shape index (κ2) is 5.87. The van der Waals surface area contributed by atoms with E-state index in [1.807, 2.05) is 0 Å². The maximum Gasteiger partial charge on any atom is 0.307 e. The third-order valence-corrected chi connectivity index (χ3v) is 4.35. The average Bonchev–Trinajstić information content (AvgIpc) is 2.85. The SMILES string of the molecule is CS(=O)(=O)OCC1Cc2ccc3nc(OS(C)(=O)=O)ccc3c2O1. The van der Waals surface area contributed by atoms with E-state index in [1.165, 1.54) is 6.07 Å². The second-order valence-electron chi connectivity index (χ2n) is 5.49. The van der Waals surface area contributed by atoms with Crippen molar-refractivity contribution in [1.82, 2.24) is 4.98 Å². The molecule has 2 aromatic rings. The number of fused-ring (bicyclic) bond motifs is 3. The van der Waals surface area contributed by atoms with Crippen molar-refractivity contribution in [2.45, 2.75) is 12.5 Å². The molecule has 1 aromatic heterocycles. The molecule has 130 valence electrons. The fourth-order valence-electron chi connectivity index (χ4n) is 2.45. The van der Waals surface area contributed by atoms with Crippen LogP contribution in [0.4, 0.5) is 0 Å². The molecule has 0 saturated carbocycles. The van der Waals surface area contributed by atoms with Gasteiger partial charge in [-0.15, -0.1) is 0 Å². The average molecular weight is 373 g/mol. The van der Waals surface area contributed by atoms with Crippen LogP contribution in [0.25, 0.3) is 10.9 Å². The number of hydrogen-bond donors (Lipinski definition) is 0. The molecule has 1 aliphatic rings. The van der Waals surface area contributed by atoms with Crippen LogP contribution >= 0.6 is 0 Å². The molecule has 0 fully saturated rings. The Balaban J connectivity index is 1.87. The van der Waals surface area contributed by atoms with Gasteiger partial charge in [0, 0.05) is 17.9 Å². The van der Waals surface area contributed by atoms with Crippen molar-refractivity contribution in [2.24, 2.45) is 0 Å². The summed E-state index contributed by atoms with van der Waals surface area (Å²) < 4.78 is 59.8. The predicted molar refractivity (Wildman–Crippen MR) is 86.1 cm³/mol. The minimum Gasteiger partial charge on any atom is -0.487 e. The van der Waals surface area contributed by atoms with Gasteiger partial charge in [-0.1, -0.05) is 6.07 Å². The topological polar surface area (TPSA) is 109 Å². The lowest BCUT2D eigenvalue weighted by Crippen LogP contribution is -2.22. The molecular weight excluding hydrogens is 358 g/mol. The Morgan fingerprint density at radius 2 is 1.88 bits per heavy atom. The summed E-state index contributed by atoms with van der Waals surface area (Å²) in [5.74, 6) is 0.563. The number of hydrogen-bond acceptors (Lipinski definition) is 8.